The Morgan fingerprint density at radius 1 is 1.15 bits per heavy atom. The Kier molecular flexibility index (Phi) is 4.74. The van der Waals surface area contributed by atoms with E-state index in [4.69, 9.17) is 9.56 Å². The van der Waals surface area contributed by atoms with Gasteiger partial charge in [0.2, 0.25) is 10.0 Å². The topological polar surface area (TPSA) is 135 Å². The molecule has 1 aromatic carbocycles. The lowest BCUT2D eigenvalue weighted by Gasteiger charge is -2.07. The van der Waals surface area contributed by atoms with Crippen molar-refractivity contribution >= 4 is 21.6 Å². The summed E-state index contributed by atoms with van der Waals surface area (Å²) in [5.41, 5.74) is 0.569. The molecule has 0 aliphatic carbocycles. The fraction of sp³-hybridized carbons (Fsp3) is 0.0588. The molecule has 0 saturated heterocycles. The number of nitrogens with one attached hydrogen (secondary N) is 2. The van der Waals surface area contributed by atoms with Gasteiger partial charge in [-0.15, -0.1) is 0 Å². The normalized spacial score (nSPS) is 11.3. The minimum Gasteiger partial charge on any atom is -0.463 e. The van der Waals surface area contributed by atoms with Crippen LogP contribution in [0.15, 0.2) is 64.0 Å². The maximum atomic E-state index is 12.3. The van der Waals surface area contributed by atoms with E-state index < -0.39 is 21.5 Å². The summed E-state index contributed by atoms with van der Waals surface area (Å²) in [6, 6.07) is 12.5. The number of hydrogen-bond acceptors (Lipinski definition) is 5. The minimum atomic E-state index is -3.68. The number of rotatable bonds is 5. The van der Waals surface area contributed by atoms with E-state index in [2.05, 4.69) is 10.3 Å². The molecule has 0 aliphatic rings. The number of H-pyrrole nitrogens is 1. The van der Waals surface area contributed by atoms with Gasteiger partial charge in [0, 0.05) is 5.69 Å². The van der Waals surface area contributed by atoms with Crippen LogP contribution < -0.4 is 16.0 Å². The molecule has 0 saturated carbocycles. The Labute approximate surface area is 148 Å². The van der Waals surface area contributed by atoms with Gasteiger partial charge in [0.05, 0.1) is 17.7 Å². The molecule has 2 heterocycles. The van der Waals surface area contributed by atoms with Gasteiger partial charge in [0.15, 0.2) is 0 Å². The van der Waals surface area contributed by atoms with Crippen molar-refractivity contribution in [3.8, 4) is 11.5 Å². The molecule has 26 heavy (non-hydrogen) atoms. The van der Waals surface area contributed by atoms with Crippen LogP contribution in [0, 0.1) is 0 Å². The van der Waals surface area contributed by atoms with E-state index in [0.717, 1.165) is 0 Å². The van der Waals surface area contributed by atoms with E-state index in [9.17, 15) is 18.0 Å². The van der Waals surface area contributed by atoms with Crippen molar-refractivity contribution in [1.29, 1.82) is 0 Å². The number of anilines is 1. The Hall–Kier alpha value is -3.17. The standard InChI is InChI=1S/C17H15N3O5S/c18-26(23,24)10-11-3-1-4-12(9-11)19-16(21)13-6-7-14(20-17(13)22)15-5-2-8-25-15/h1-9H,10H2,(H,19,21)(H,20,22)(H2,18,23,24). The number of benzene rings is 1. The van der Waals surface area contributed by atoms with Crippen molar-refractivity contribution in [2.24, 2.45) is 5.14 Å². The third kappa shape index (κ3) is 4.26. The summed E-state index contributed by atoms with van der Waals surface area (Å²) in [4.78, 5) is 27.1. The van der Waals surface area contributed by atoms with E-state index in [1.165, 1.54) is 18.4 Å². The predicted octanol–water partition coefficient (Wildman–Crippen LogP) is 1.68. The molecule has 0 unspecified atom stereocenters. The largest absolute Gasteiger partial charge is 0.463 e. The Morgan fingerprint density at radius 2 is 1.96 bits per heavy atom. The van der Waals surface area contributed by atoms with Gasteiger partial charge >= 0.3 is 0 Å². The molecular formula is C17H15N3O5S. The van der Waals surface area contributed by atoms with Gasteiger partial charge in [0.1, 0.15) is 11.3 Å². The Bertz CT molecular complexity index is 1100. The van der Waals surface area contributed by atoms with E-state index >= 15 is 0 Å². The molecular weight excluding hydrogens is 358 g/mol. The van der Waals surface area contributed by atoms with E-state index in [1.54, 1.807) is 36.4 Å². The van der Waals surface area contributed by atoms with Crippen LogP contribution in [0.4, 0.5) is 5.69 Å². The maximum absolute atomic E-state index is 12.3. The van der Waals surface area contributed by atoms with Gasteiger partial charge < -0.3 is 14.7 Å². The quantitative estimate of drug-likeness (QED) is 0.625. The van der Waals surface area contributed by atoms with Gasteiger partial charge in [0.25, 0.3) is 11.5 Å². The SMILES string of the molecule is NS(=O)(=O)Cc1cccc(NC(=O)c2ccc(-c3ccco3)[nH]c2=O)c1. The number of sulfonamides is 1. The number of hydrogen-bond donors (Lipinski definition) is 3. The predicted molar refractivity (Wildman–Crippen MR) is 96.0 cm³/mol. The number of carbonyl (C=O) groups excluding carboxylic acids is 1. The average Bonchev–Trinajstić information content (AvgIpc) is 3.07. The van der Waals surface area contributed by atoms with Crippen LogP contribution >= 0.6 is 0 Å². The Balaban J connectivity index is 1.80. The highest BCUT2D eigenvalue weighted by atomic mass is 32.2. The summed E-state index contributed by atoms with van der Waals surface area (Å²) in [6.45, 7) is 0. The van der Waals surface area contributed by atoms with Crippen LogP contribution in [0.25, 0.3) is 11.5 Å². The molecule has 2 aromatic heterocycles. The molecule has 3 rings (SSSR count). The van der Waals surface area contributed by atoms with Crippen LogP contribution in [0.5, 0.6) is 0 Å². The fourth-order valence-electron chi connectivity index (χ4n) is 2.40. The van der Waals surface area contributed by atoms with Crippen LogP contribution in [-0.2, 0) is 15.8 Å². The zero-order chi connectivity index (χ0) is 18.7. The first-order valence-corrected chi connectivity index (χ1v) is 9.21. The summed E-state index contributed by atoms with van der Waals surface area (Å²) in [5.74, 6) is -0.496. The van der Waals surface area contributed by atoms with Gasteiger partial charge in [-0.1, -0.05) is 12.1 Å². The van der Waals surface area contributed by atoms with Crippen LogP contribution in [0.2, 0.25) is 0 Å². The van der Waals surface area contributed by atoms with E-state index in [-0.39, 0.29) is 11.3 Å². The first kappa shape index (κ1) is 17.6. The van der Waals surface area contributed by atoms with Crippen LogP contribution in [-0.4, -0.2) is 19.3 Å². The number of aromatic amines is 1. The molecule has 0 fully saturated rings. The monoisotopic (exact) mass is 373 g/mol. The van der Waals surface area contributed by atoms with Crippen LogP contribution in [0.1, 0.15) is 15.9 Å². The van der Waals surface area contributed by atoms with Crippen molar-refractivity contribution in [3.05, 3.63) is 76.3 Å². The molecule has 134 valence electrons. The van der Waals surface area contributed by atoms with E-state index in [1.807, 2.05) is 0 Å². The number of primary sulfonamides is 1. The second kappa shape index (κ2) is 6.98. The van der Waals surface area contributed by atoms with Crippen molar-refractivity contribution in [2.75, 3.05) is 5.32 Å². The molecule has 0 atom stereocenters. The number of furan rings is 1. The number of amides is 1. The first-order chi connectivity index (χ1) is 12.3. The number of carbonyl (C=O) groups is 1. The third-order valence-corrected chi connectivity index (χ3v) is 4.23. The van der Waals surface area contributed by atoms with Gasteiger partial charge in [-0.05, 0) is 42.0 Å². The van der Waals surface area contributed by atoms with Crippen LogP contribution in [0.3, 0.4) is 0 Å². The lowest BCUT2D eigenvalue weighted by molar-refractivity contribution is 0.102. The smallest absolute Gasteiger partial charge is 0.261 e. The first-order valence-electron chi connectivity index (χ1n) is 7.50. The fourth-order valence-corrected chi connectivity index (χ4v) is 3.04. The third-order valence-electron chi connectivity index (χ3n) is 3.49. The number of nitrogens with two attached hydrogens (primary N) is 1. The highest BCUT2D eigenvalue weighted by Gasteiger charge is 2.13. The van der Waals surface area contributed by atoms with Crippen molar-refractivity contribution in [1.82, 2.24) is 4.98 Å². The minimum absolute atomic E-state index is 0.0860. The second-order valence-electron chi connectivity index (χ2n) is 5.55. The summed E-state index contributed by atoms with van der Waals surface area (Å²) < 4.78 is 27.5. The maximum Gasteiger partial charge on any atom is 0.261 e. The average molecular weight is 373 g/mol. The molecule has 1 amide bonds. The summed E-state index contributed by atoms with van der Waals surface area (Å²) >= 11 is 0. The molecule has 0 spiro atoms. The lowest BCUT2D eigenvalue weighted by Crippen LogP contribution is -2.23. The number of pyridine rings is 1. The van der Waals surface area contributed by atoms with E-state index in [0.29, 0.717) is 22.7 Å². The van der Waals surface area contributed by atoms with Crippen molar-refractivity contribution in [3.63, 3.8) is 0 Å². The van der Waals surface area contributed by atoms with Gasteiger partial charge in [-0.25, -0.2) is 13.6 Å². The van der Waals surface area contributed by atoms with Gasteiger partial charge in [-0.3, -0.25) is 9.59 Å². The molecule has 0 bridgehead atoms. The summed E-state index contributed by atoms with van der Waals surface area (Å²) in [6.07, 6.45) is 1.47. The van der Waals surface area contributed by atoms with Gasteiger partial charge in [-0.2, -0.15) is 0 Å². The lowest BCUT2D eigenvalue weighted by atomic mass is 10.2. The highest BCUT2D eigenvalue weighted by Crippen LogP contribution is 2.17. The second-order valence-corrected chi connectivity index (χ2v) is 7.17. The number of aromatic nitrogens is 1. The van der Waals surface area contributed by atoms with Crippen molar-refractivity contribution < 1.29 is 17.6 Å². The zero-order valence-electron chi connectivity index (χ0n) is 13.4. The van der Waals surface area contributed by atoms with Crippen molar-refractivity contribution in [2.45, 2.75) is 5.75 Å². The molecule has 9 heteroatoms. The molecule has 8 nitrogen and oxygen atoms in total. The zero-order valence-corrected chi connectivity index (χ0v) is 14.2. The Morgan fingerprint density at radius 3 is 2.62 bits per heavy atom. The molecule has 3 aromatic rings. The highest BCUT2D eigenvalue weighted by molar-refractivity contribution is 7.88. The molecule has 0 aliphatic heterocycles. The summed E-state index contributed by atoms with van der Waals surface area (Å²) in [7, 11) is -3.68. The molecule has 0 radical (unpaired) electrons. The summed E-state index contributed by atoms with van der Waals surface area (Å²) in [5, 5.41) is 7.58. The molecule has 4 N–H and O–H groups in total.